The van der Waals surface area contributed by atoms with Gasteiger partial charge < -0.3 is 0 Å². The summed E-state index contributed by atoms with van der Waals surface area (Å²) in [5.41, 5.74) is 2.48. The van der Waals surface area contributed by atoms with E-state index in [0.717, 1.165) is 32.1 Å². The number of benzene rings is 1. The molecule has 1 aliphatic carbocycles. The third kappa shape index (κ3) is 2.94. The second-order valence-corrected chi connectivity index (χ2v) is 8.72. The van der Waals surface area contributed by atoms with Crippen LogP contribution >= 0.6 is 0 Å². The van der Waals surface area contributed by atoms with Crippen LogP contribution in [0.5, 0.6) is 0 Å². The fourth-order valence-corrected chi connectivity index (χ4v) is 5.51. The average molecular weight is 322 g/mol. The van der Waals surface area contributed by atoms with Gasteiger partial charge in [-0.1, -0.05) is 31.2 Å². The molecule has 1 saturated heterocycles. The van der Waals surface area contributed by atoms with Crippen molar-refractivity contribution in [2.24, 2.45) is 5.92 Å². The number of hydrogen-bond acceptors (Lipinski definition) is 2. The lowest BCUT2D eigenvalue weighted by molar-refractivity contribution is 0.245. The van der Waals surface area contributed by atoms with E-state index in [0.29, 0.717) is 19.0 Å². The van der Waals surface area contributed by atoms with Crippen molar-refractivity contribution in [3.63, 3.8) is 0 Å². The van der Waals surface area contributed by atoms with Gasteiger partial charge in [-0.2, -0.15) is 17.0 Å². The Hall–Kier alpha value is -0.910. The molecule has 0 unspecified atom stereocenters. The Morgan fingerprint density at radius 1 is 1.18 bits per heavy atom. The Labute approximate surface area is 134 Å². The van der Waals surface area contributed by atoms with Gasteiger partial charge in [0.25, 0.3) is 10.2 Å². The number of hydrogen-bond donors (Lipinski definition) is 0. The number of fused-ring (bicyclic) bond motifs is 1. The first-order valence-electron chi connectivity index (χ1n) is 8.31. The Morgan fingerprint density at radius 2 is 1.95 bits per heavy atom. The van der Waals surface area contributed by atoms with Gasteiger partial charge in [0.2, 0.25) is 0 Å². The van der Waals surface area contributed by atoms with E-state index < -0.39 is 10.2 Å². The average Bonchev–Trinajstić information content (AvgIpc) is 2.53. The summed E-state index contributed by atoms with van der Waals surface area (Å²) in [5, 5.41) is 0. The van der Waals surface area contributed by atoms with Crippen LogP contribution in [0.15, 0.2) is 24.3 Å². The Morgan fingerprint density at radius 3 is 2.73 bits per heavy atom. The van der Waals surface area contributed by atoms with E-state index in [-0.39, 0.29) is 6.04 Å². The summed E-state index contributed by atoms with van der Waals surface area (Å²) >= 11 is 0. The fraction of sp³-hybridized carbons (Fsp3) is 0.647. The molecule has 4 nitrogen and oxygen atoms in total. The summed E-state index contributed by atoms with van der Waals surface area (Å²) in [7, 11) is -1.62. The van der Waals surface area contributed by atoms with Crippen LogP contribution in [0.4, 0.5) is 0 Å². The summed E-state index contributed by atoms with van der Waals surface area (Å²) in [6, 6.07) is 8.25. The number of rotatable bonds is 3. The summed E-state index contributed by atoms with van der Waals surface area (Å²) < 4.78 is 29.3. The van der Waals surface area contributed by atoms with E-state index in [1.165, 1.54) is 11.1 Å². The highest BCUT2D eigenvalue weighted by Crippen LogP contribution is 2.36. The lowest BCUT2D eigenvalue weighted by atomic mass is 9.88. The molecule has 2 aliphatic rings. The molecule has 2 atom stereocenters. The van der Waals surface area contributed by atoms with E-state index in [2.05, 4.69) is 19.1 Å². The summed E-state index contributed by atoms with van der Waals surface area (Å²) in [4.78, 5) is 0. The van der Waals surface area contributed by atoms with Crippen molar-refractivity contribution in [1.82, 2.24) is 8.61 Å². The van der Waals surface area contributed by atoms with Gasteiger partial charge in [-0.05, 0) is 49.1 Å². The minimum Gasteiger partial charge on any atom is -0.195 e. The van der Waals surface area contributed by atoms with E-state index in [9.17, 15) is 8.42 Å². The van der Waals surface area contributed by atoms with E-state index in [1.807, 2.05) is 12.1 Å². The molecule has 1 aromatic rings. The topological polar surface area (TPSA) is 40.6 Å². The van der Waals surface area contributed by atoms with Crippen LogP contribution < -0.4 is 0 Å². The smallest absolute Gasteiger partial charge is 0.195 e. The molecular formula is C17H26N2O2S. The molecule has 0 aromatic heterocycles. The Bertz CT molecular complexity index is 629. The molecule has 0 N–H and O–H groups in total. The van der Waals surface area contributed by atoms with Crippen molar-refractivity contribution in [1.29, 1.82) is 0 Å². The van der Waals surface area contributed by atoms with Gasteiger partial charge in [0, 0.05) is 20.1 Å². The quantitative estimate of drug-likeness (QED) is 0.858. The van der Waals surface area contributed by atoms with Crippen molar-refractivity contribution < 1.29 is 8.42 Å². The molecule has 0 radical (unpaired) electrons. The molecule has 0 spiro atoms. The maximum Gasteiger partial charge on any atom is 0.282 e. The molecule has 22 heavy (non-hydrogen) atoms. The Balaban J connectivity index is 1.86. The number of aryl methyl sites for hydroxylation is 1. The van der Waals surface area contributed by atoms with Crippen LogP contribution in [0.3, 0.4) is 0 Å². The first kappa shape index (κ1) is 16.0. The molecule has 122 valence electrons. The summed E-state index contributed by atoms with van der Waals surface area (Å²) in [6.07, 6.45) is 5.12. The molecule has 1 aliphatic heterocycles. The zero-order chi connectivity index (χ0) is 15.7. The van der Waals surface area contributed by atoms with Gasteiger partial charge in [-0.15, -0.1) is 0 Å². The highest BCUT2D eigenvalue weighted by molar-refractivity contribution is 7.86. The third-order valence-corrected chi connectivity index (χ3v) is 7.05. The lowest BCUT2D eigenvalue weighted by Crippen LogP contribution is -2.47. The molecule has 1 fully saturated rings. The molecule has 1 aromatic carbocycles. The second-order valence-electron chi connectivity index (χ2n) is 6.74. The fourth-order valence-electron chi connectivity index (χ4n) is 3.80. The van der Waals surface area contributed by atoms with Crippen molar-refractivity contribution >= 4 is 10.2 Å². The molecule has 0 bridgehead atoms. The predicted molar refractivity (Wildman–Crippen MR) is 88.8 cm³/mol. The molecular weight excluding hydrogens is 296 g/mol. The maximum absolute atomic E-state index is 13.0. The minimum absolute atomic E-state index is 0.0211. The largest absolute Gasteiger partial charge is 0.282 e. The van der Waals surface area contributed by atoms with Crippen molar-refractivity contribution in [3.8, 4) is 0 Å². The van der Waals surface area contributed by atoms with E-state index in [4.69, 9.17) is 0 Å². The van der Waals surface area contributed by atoms with Crippen LogP contribution in [-0.2, 0) is 16.6 Å². The van der Waals surface area contributed by atoms with Gasteiger partial charge in [-0.3, -0.25) is 0 Å². The van der Waals surface area contributed by atoms with Crippen molar-refractivity contribution in [2.45, 2.75) is 45.1 Å². The minimum atomic E-state index is -3.37. The predicted octanol–water partition coefficient (Wildman–Crippen LogP) is 2.97. The highest BCUT2D eigenvalue weighted by atomic mass is 32.2. The molecule has 5 heteroatoms. The Kier molecular flexibility index (Phi) is 4.57. The van der Waals surface area contributed by atoms with Crippen LogP contribution in [0.1, 0.15) is 49.8 Å². The lowest BCUT2D eigenvalue weighted by Gasteiger charge is -2.38. The van der Waals surface area contributed by atoms with Crippen LogP contribution in [0.2, 0.25) is 0 Å². The van der Waals surface area contributed by atoms with Gasteiger partial charge in [0.1, 0.15) is 0 Å². The highest BCUT2D eigenvalue weighted by Gasteiger charge is 2.36. The molecule has 0 amide bonds. The summed E-state index contributed by atoms with van der Waals surface area (Å²) in [5.74, 6) is 0.454. The summed E-state index contributed by atoms with van der Waals surface area (Å²) in [6.45, 7) is 3.45. The zero-order valence-corrected chi connectivity index (χ0v) is 14.3. The zero-order valence-electron chi connectivity index (χ0n) is 13.5. The molecule has 1 heterocycles. The van der Waals surface area contributed by atoms with Crippen LogP contribution in [0.25, 0.3) is 0 Å². The first-order valence-corrected chi connectivity index (χ1v) is 9.70. The van der Waals surface area contributed by atoms with Crippen molar-refractivity contribution in [2.75, 3.05) is 20.1 Å². The maximum atomic E-state index is 13.0. The van der Waals surface area contributed by atoms with Gasteiger partial charge in [0.15, 0.2) is 0 Å². The van der Waals surface area contributed by atoms with Gasteiger partial charge >= 0.3 is 0 Å². The van der Waals surface area contributed by atoms with E-state index in [1.54, 1.807) is 15.7 Å². The van der Waals surface area contributed by atoms with Crippen LogP contribution in [0, 0.1) is 5.92 Å². The first-order chi connectivity index (χ1) is 10.5. The second kappa shape index (κ2) is 6.30. The normalized spacial score (nSPS) is 26.9. The van der Waals surface area contributed by atoms with E-state index >= 15 is 0 Å². The van der Waals surface area contributed by atoms with Gasteiger partial charge in [0.05, 0.1) is 6.04 Å². The third-order valence-electron chi connectivity index (χ3n) is 5.09. The number of piperidine rings is 1. The van der Waals surface area contributed by atoms with Gasteiger partial charge in [-0.25, -0.2) is 0 Å². The SMILES string of the molecule is C[C@@H]1CCCN(S(=O)(=O)N(C)[C@H]2CCCc3ccccc32)C1. The molecule has 0 saturated carbocycles. The monoisotopic (exact) mass is 322 g/mol. The standard InChI is InChI=1S/C17H26N2O2S/c1-14-7-6-12-19(13-14)22(20,21)18(2)17-11-5-9-15-8-3-4-10-16(15)17/h3-4,8,10,14,17H,5-7,9,11-13H2,1-2H3/t14-,17+/m1/s1. The number of nitrogens with zero attached hydrogens (tertiary/aromatic N) is 2. The van der Waals surface area contributed by atoms with Crippen molar-refractivity contribution in [3.05, 3.63) is 35.4 Å². The molecule has 3 rings (SSSR count). The van der Waals surface area contributed by atoms with Crippen LogP contribution in [-0.4, -0.2) is 37.2 Å².